The highest BCUT2D eigenvalue weighted by molar-refractivity contribution is 7.60. The maximum Gasteiger partial charge on any atom is 0.481 e. The molecule has 0 amide bonds. The Labute approximate surface area is 113 Å². The molecule has 0 spiro atoms. The average molecular weight is 323 g/mol. The van der Waals surface area contributed by atoms with E-state index < -0.39 is 15.6 Å². The van der Waals surface area contributed by atoms with Crippen molar-refractivity contribution in [2.24, 2.45) is 5.11 Å². The number of phosphoric ester groups is 1. The fourth-order valence-electron chi connectivity index (χ4n) is 1.22. The Morgan fingerprint density at radius 3 is 2.30 bits per heavy atom. The lowest BCUT2D eigenvalue weighted by atomic mass is 10.1. The molecule has 0 saturated heterocycles. The van der Waals surface area contributed by atoms with E-state index in [4.69, 9.17) is 20.2 Å². The van der Waals surface area contributed by atoms with Gasteiger partial charge in [0.1, 0.15) is 0 Å². The molecule has 0 aliphatic carbocycles. The van der Waals surface area contributed by atoms with E-state index in [9.17, 15) is 9.13 Å². The first kappa shape index (κ1) is 16.8. The third-order valence-electron chi connectivity index (χ3n) is 1.95. The van der Waals surface area contributed by atoms with Gasteiger partial charge in [-0.3, -0.25) is 4.52 Å². The van der Waals surface area contributed by atoms with Gasteiger partial charge >= 0.3 is 15.6 Å². The second kappa shape index (κ2) is 6.99. The summed E-state index contributed by atoms with van der Waals surface area (Å²) < 4.78 is 29.5. The van der Waals surface area contributed by atoms with Crippen LogP contribution in [0.4, 0.5) is 5.69 Å². The maximum absolute atomic E-state index is 11.1. The lowest BCUT2D eigenvalue weighted by Gasteiger charge is -2.12. The van der Waals surface area contributed by atoms with Crippen molar-refractivity contribution in [2.45, 2.75) is 6.42 Å². The third-order valence-corrected chi connectivity index (χ3v) is 4.14. The molecule has 20 heavy (non-hydrogen) atoms. The molecule has 0 aromatic heterocycles. The SMILES string of the molecule is [N-]=[N+]=Nc1ccc(CCOP(=O)(O)OP(=O)(O)O)cc1. The molecule has 3 N–H and O–H groups in total. The predicted molar refractivity (Wildman–Crippen MR) is 67.9 cm³/mol. The Morgan fingerprint density at radius 1 is 1.20 bits per heavy atom. The Hall–Kier alpha value is -1.21. The highest BCUT2D eigenvalue weighted by Gasteiger charge is 2.31. The van der Waals surface area contributed by atoms with Gasteiger partial charge in [-0.25, -0.2) is 9.13 Å². The van der Waals surface area contributed by atoms with Crippen LogP contribution in [0.15, 0.2) is 29.4 Å². The molecule has 0 aliphatic rings. The molecule has 1 aromatic rings. The topological polar surface area (TPSA) is 162 Å². The zero-order valence-electron chi connectivity index (χ0n) is 9.93. The van der Waals surface area contributed by atoms with Crippen LogP contribution in [0.5, 0.6) is 0 Å². The predicted octanol–water partition coefficient (Wildman–Crippen LogP) is 2.40. The molecule has 0 bridgehead atoms. The fraction of sp³-hybridized carbons (Fsp3) is 0.250. The molecule has 110 valence electrons. The van der Waals surface area contributed by atoms with Crippen molar-refractivity contribution in [3.05, 3.63) is 40.3 Å². The van der Waals surface area contributed by atoms with Gasteiger partial charge in [-0.05, 0) is 17.5 Å². The van der Waals surface area contributed by atoms with Crippen LogP contribution in [-0.2, 0) is 24.4 Å². The van der Waals surface area contributed by atoms with Crippen LogP contribution in [0.2, 0.25) is 0 Å². The first-order chi connectivity index (χ1) is 9.22. The summed E-state index contributed by atoms with van der Waals surface area (Å²) in [6, 6.07) is 6.30. The highest BCUT2D eigenvalue weighted by atomic mass is 31.3. The summed E-state index contributed by atoms with van der Waals surface area (Å²) in [7, 11) is -9.90. The second-order valence-electron chi connectivity index (χ2n) is 3.48. The van der Waals surface area contributed by atoms with Crippen LogP contribution in [0.1, 0.15) is 5.56 Å². The number of benzene rings is 1. The molecule has 1 aromatic carbocycles. The number of rotatable bonds is 7. The van der Waals surface area contributed by atoms with E-state index in [2.05, 4.69) is 18.9 Å². The van der Waals surface area contributed by atoms with E-state index in [1.54, 1.807) is 24.3 Å². The molecule has 12 heteroatoms. The summed E-state index contributed by atoms with van der Waals surface area (Å²) in [5.74, 6) is 0. The van der Waals surface area contributed by atoms with E-state index in [-0.39, 0.29) is 13.0 Å². The van der Waals surface area contributed by atoms with Gasteiger partial charge in [0.25, 0.3) is 0 Å². The van der Waals surface area contributed by atoms with Crippen LogP contribution < -0.4 is 0 Å². The molecule has 1 rings (SSSR count). The number of phosphoric acid groups is 2. The van der Waals surface area contributed by atoms with Gasteiger partial charge in [0.05, 0.1) is 6.61 Å². The minimum atomic E-state index is -5.10. The van der Waals surface area contributed by atoms with Gasteiger partial charge in [0.2, 0.25) is 0 Å². The molecule has 10 nitrogen and oxygen atoms in total. The Balaban J connectivity index is 2.50. The van der Waals surface area contributed by atoms with Crippen molar-refractivity contribution < 1.29 is 32.6 Å². The lowest BCUT2D eigenvalue weighted by molar-refractivity contribution is 0.180. The van der Waals surface area contributed by atoms with Crippen LogP contribution >= 0.6 is 15.6 Å². The van der Waals surface area contributed by atoms with Crippen molar-refractivity contribution in [3.8, 4) is 0 Å². The second-order valence-corrected chi connectivity index (χ2v) is 6.31. The average Bonchev–Trinajstić information content (AvgIpc) is 2.28. The summed E-state index contributed by atoms with van der Waals surface area (Å²) in [4.78, 5) is 28.4. The number of azide groups is 1. The summed E-state index contributed by atoms with van der Waals surface area (Å²) in [5.41, 5.74) is 9.33. The maximum atomic E-state index is 11.1. The molecule has 0 fully saturated rings. The molecule has 1 atom stereocenters. The minimum absolute atomic E-state index is 0.200. The van der Waals surface area contributed by atoms with Crippen LogP contribution in [0.3, 0.4) is 0 Å². The quantitative estimate of drug-likeness (QED) is 0.300. The lowest BCUT2D eigenvalue weighted by Crippen LogP contribution is -1.99. The van der Waals surface area contributed by atoms with Crippen LogP contribution in [-0.4, -0.2) is 21.3 Å². The molecule has 0 radical (unpaired) electrons. The van der Waals surface area contributed by atoms with Crippen molar-refractivity contribution in [3.63, 3.8) is 0 Å². The summed E-state index contributed by atoms with van der Waals surface area (Å²) in [5, 5.41) is 3.37. The first-order valence-corrected chi connectivity index (χ1v) is 8.13. The van der Waals surface area contributed by atoms with Crippen LogP contribution in [0, 0.1) is 0 Å². The van der Waals surface area contributed by atoms with E-state index in [1.165, 1.54) is 0 Å². The van der Waals surface area contributed by atoms with Crippen molar-refractivity contribution in [1.29, 1.82) is 0 Å². The highest BCUT2D eigenvalue weighted by Crippen LogP contribution is 2.57. The molecular formula is C8H11N3O7P2. The standard InChI is InChI=1S/C8H11N3O7P2/c9-11-10-8-3-1-7(2-4-8)5-6-17-20(15,16)18-19(12,13)14/h1-4H,5-6H2,(H,15,16)(H2,12,13,14). The molecule has 0 aliphatic heterocycles. The largest absolute Gasteiger partial charge is 0.481 e. The van der Waals surface area contributed by atoms with Gasteiger partial charge in [0.15, 0.2) is 0 Å². The van der Waals surface area contributed by atoms with E-state index in [1.807, 2.05) is 0 Å². The molecule has 0 saturated carbocycles. The smallest absolute Gasteiger partial charge is 0.302 e. The van der Waals surface area contributed by atoms with Crippen LogP contribution in [0.25, 0.3) is 10.4 Å². The van der Waals surface area contributed by atoms with Gasteiger partial charge in [-0.15, -0.1) is 0 Å². The fourth-order valence-corrected chi connectivity index (χ4v) is 2.80. The Kier molecular flexibility index (Phi) is 5.88. The summed E-state index contributed by atoms with van der Waals surface area (Å²) >= 11 is 0. The first-order valence-electron chi connectivity index (χ1n) is 5.10. The van der Waals surface area contributed by atoms with Gasteiger partial charge in [-0.1, -0.05) is 29.4 Å². The summed E-state index contributed by atoms with van der Waals surface area (Å²) in [6.45, 7) is -0.283. The molecule has 1 unspecified atom stereocenters. The zero-order chi connectivity index (χ0) is 15.2. The molecule has 0 heterocycles. The zero-order valence-corrected chi connectivity index (χ0v) is 11.7. The van der Waals surface area contributed by atoms with E-state index in [0.717, 1.165) is 0 Å². The minimum Gasteiger partial charge on any atom is -0.302 e. The van der Waals surface area contributed by atoms with E-state index >= 15 is 0 Å². The van der Waals surface area contributed by atoms with Gasteiger partial charge in [-0.2, -0.15) is 4.31 Å². The van der Waals surface area contributed by atoms with E-state index in [0.29, 0.717) is 11.3 Å². The number of hydrogen-bond donors (Lipinski definition) is 3. The number of nitrogens with zero attached hydrogens (tertiary/aromatic N) is 3. The molecular weight excluding hydrogens is 312 g/mol. The number of hydrogen-bond acceptors (Lipinski definition) is 5. The monoisotopic (exact) mass is 323 g/mol. The third kappa shape index (κ3) is 6.81. The summed E-state index contributed by atoms with van der Waals surface area (Å²) in [6.07, 6.45) is 0.200. The van der Waals surface area contributed by atoms with Crippen molar-refractivity contribution >= 4 is 21.3 Å². The van der Waals surface area contributed by atoms with Gasteiger partial charge in [0, 0.05) is 10.6 Å². The van der Waals surface area contributed by atoms with Gasteiger partial charge < -0.3 is 14.7 Å². The normalized spacial score (nSPS) is 14.3. The van der Waals surface area contributed by atoms with Crippen molar-refractivity contribution in [1.82, 2.24) is 0 Å². The Morgan fingerprint density at radius 2 is 1.80 bits per heavy atom. The Bertz CT molecular complexity index is 593. The van der Waals surface area contributed by atoms with Crippen molar-refractivity contribution in [2.75, 3.05) is 6.61 Å².